The third kappa shape index (κ3) is 4.56. The van der Waals surface area contributed by atoms with Crippen LogP contribution in [0.4, 0.5) is 17.1 Å². The predicted molar refractivity (Wildman–Crippen MR) is 151 cm³/mol. The van der Waals surface area contributed by atoms with Gasteiger partial charge < -0.3 is 21.5 Å². The first-order chi connectivity index (χ1) is 18.7. The number of hydrogen-bond donors (Lipinski definition) is 3. The van der Waals surface area contributed by atoms with Crippen molar-refractivity contribution in [3.63, 3.8) is 0 Å². The van der Waals surface area contributed by atoms with Crippen molar-refractivity contribution in [3.05, 3.63) is 82.9 Å². The number of aryl methyl sites for hydroxylation is 1. The van der Waals surface area contributed by atoms with Crippen LogP contribution in [0, 0.1) is 17.3 Å². The Kier molecular flexibility index (Phi) is 6.17. The molecule has 200 valence electrons. The first-order valence-corrected chi connectivity index (χ1v) is 13.7. The van der Waals surface area contributed by atoms with Gasteiger partial charge in [-0.15, -0.1) is 0 Å². The maximum atomic E-state index is 12.9. The van der Waals surface area contributed by atoms with Gasteiger partial charge in [-0.1, -0.05) is 13.0 Å². The number of carbonyl (C=O) groups is 3. The number of ketones is 1. The summed E-state index contributed by atoms with van der Waals surface area (Å²) in [6, 6.07) is 17.3. The van der Waals surface area contributed by atoms with Crippen molar-refractivity contribution in [2.24, 2.45) is 17.3 Å². The van der Waals surface area contributed by atoms with Gasteiger partial charge in [0.1, 0.15) is 11.5 Å². The Morgan fingerprint density at radius 1 is 0.897 bits per heavy atom. The van der Waals surface area contributed by atoms with E-state index in [1.807, 2.05) is 12.1 Å². The standard InChI is InChI=1S/C32H33N3O4/c1-32-13-12-26-25-9-7-24(16-19(25)4-8-27(26)28(32)10-11-29(32)36)39-31(38)18-2-5-23(6-3-18)35-30(37)20-14-21(33)17-22(34)15-20/h2-3,5-7,9,14-17,26-28H,4,8,10-13,33-34H2,1H3,(H,35,37). The Bertz CT molecular complexity index is 1460. The Hall–Kier alpha value is -4.13. The molecular weight excluding hydrogens is 490 g/mol. The van der Waals surface area contributed by atoms with Crippen LogP contribution >= 0.6 is 0 Å². The molecule has 2 saturated carbocycles. The third-order valence-electron chi connectivity index (χ3n) is 9.24. The molecule has 7 heteroatoms. The van der Waals surface area contributed by atoms with Gasteiger partial charge in [0, 0.05) is 34.5 Å². The summed E-state index contributed by atoms with van der Waals surface area (Å²) in [5, 5.41) is 2.78. The van der Waals surface area contributed by atoms with Crippen molar-refractivity contribution < 1.29 is 19.1 Å². The van der Waals surface area contributed by atoms with E-state index >= 15 is 0 Å². The fourth-order valence-electron chi connectivity index (χ4n) is 7.26. The largest absolute Gasteiger partial charge is 0.423 e. The van der Waals surface area contributed by atoms with E-state index in [9.17, 15) is 14.4 Å². The second-order valence-electron chi connectivity index (χ2n) is 11.5. The number of rotatable bonds is 4. The molecule has 3 aliphatic carbocycles. The second kappa shape index (κ2) is 9.56. The van der Waals surface area contributed by atoms with Gasteiger partial charge in [-0.25, -0.2) is 4.79 Å². The van der Waals surface area contributed by atoms with Crippen LogP contribution in [0.25, 0.3) is 0 Å². The van der Waals surface area contributed by atoms with Crippen LogP contribution in [0.5, 0.6) is 5.75 Å². The van der Waals surface area contributed by atoms with Crippen molar-refractivity contribution >= 4 is 34.7 Å². The Morgan fingerprint density at radius 2 is 1.64 bits per heavy atom. The van der Waals surface area contributed by atoms with Crippen molar-refractivity contribution in [2.45, 2.75) is 51.4 Å². The molecule has 39 heavy (non-hydrogen) atoms. The SMILES string of the molecule is CC12CCC3c4ccc(OC(=O)c5ccc(NC(=O)c6cc(N)cc(N)c6)cc5)cc4CCC3C1CCC2=O. The number of anilines is 3. The Balaban J connectivity index is 1.11. The number of benzene rings is 3. The van der Waals surface area contributed by atoms with E-state index in [-0.39, 0.29) is 11.3 Å². The molecule has 0 heterocycles. The van der Waals surface area contributed by atoms with Gasteiger partial charge in [-0.2, -0.15) is 0 Å². The van der Waals surface area contributed by atoms with E-state index in [2.05, 4.69) is 18.3 Å². The summed E-state index contributed by atoms with van der Waals surface area (Å²) < 4.78 is 5.72. The number of nitrogens with two attached hydrogens (primary N) is 2. The quantitative estimate of drug-likeness (QED) is 0.227. The molecule has 5 N–H and O–H groups in total. The smallest absolute Gasteiger partial charge is 0.343 e. The maximum absolute atomic E-state index is 12.9. The zero-order chi connectivity index (χ0) is 27.3. The van der Waals surface area contributed by atoms with Crippen LogP contribution in [0.1, 0.15) is 76.8 Å². The fraction of sp³-hybridized carbons (Fsp3) is 0.344. The van der Waals surface area contributed by atoms with Crippen LogP contribution in [-0.2, 0) is 11.2 Å². The number of nitrogen functional groups attached to an aromatic ring is 2. The minimum absolute atomic E-state index is 0.129. The van der Waals surface area contributed by atoms with Gasteiger partial charge in [0.2, 0.25) is 0 Å². The number of amides is 1. The number of nitrogens with one attached hydrogen (secondary N) is 1. The number of ether oxygens (including phenoxy) is 1. The molecule has 0 radical (unpaired) electrons. The summed E-state index contributed by atoms with van der Waals surface area (Å²) in [5.74, 6) is 1.73. The first kappa shape index (κ1) is 25.2. The third-order valence-corrected chi connectivity index (χ3v) is 9.24. The van der Waals surface area contributed by atoms with E-state index in [1.54, 1.807) is 42.5 Å². The summed E-state index contributed by atoms with van der Waals surface area (Å²) in [5.41, 5.74) is 16.1. The lowest BCUT2D eigenvalue weighted by Crippen LogP contribution is -2.42. The first-order valence-electron chi connectivity index (χ1n) is 13.7. The lowest BCUT2D eigenvalue weighted by molar-refractivity contribution is -0.129. The Morgan fingerprint density at radius 3 is 2.38 bits per heavy atom. The second-order valence-corrected chi connectivity index (χ2v) is 11.5. The highest BCUT2D eigenvalue weighted by Gasteiger charge is 2.54. The molecule has 3 aromatic rings. The summed E-state index contributed by atoms with van der Waals surface area (Å²) in [6.07, 6.45) is 5.80. The number of hydrogen-bond acceptors (Lipinski definition) is 6. The topological polar surface area (TPSA) is 125 Å². The van der Waals surface area contributed by atoms with Crippen LogP contribution in [0.3, 0.4) is 0 Å². The van der Waals surface area contributed by atoms with E-state index in [0.717, 1.165) is 38.5 Å². The highest BCUT2D eigenvalue weighted by atomic mass is 16.5. The van der Waals surface area contributed by atoms with Crippen LogP contribution in [-0.4, -0.2) is 17.7 Å². The van der Waals surface area contributed by atoms with Crippen molar-refractivity contribution in [1.29, 1.82) is 0 Å². The molecular formula is C32H33N3O4. The van der Waals surface area contributed by atoms with Crippen molar-refractivity contribution in [3.8, 4) is 5.75 Å². The molecule has 4 unspecified atom stereocenters. The average Bonchev–Trinajstić information content (AvgIpc) is 3.22. The van der Waals surface area contributed by atoms with Crippen molar-refractivity contribution in [2.75, 3.05) is 16.8 Å². The van der Waals surface area contributed by atoms with Gasteiger partial charge in [-0.3, -0.25) is 9.59 Å². The fourth-order valence-corrected chi connectivity index (χ4v) is 7.26. The maximum Gasteiger partial charge on any atom is 0.343 e. The lowest BCUT2D eigenvalue weighted by atomic mass is 9.55. The zero-order valence-corrected chi connectivity index (χ0v) is 22.0. The molecule has 0 spiro atoms. The summed E-state index contributed by atoms with van der Waals surface area (Å²) in [6.45, 7) is 2.19. The van der Waals surface area contributed by atoms with E-state index in [0.29, 0.717) is 57.5 Å². The van der Waals surface area contributed by atoms with E-state index in [4.69, 9.17) is 16.2 Å². The number of Topliss-reactive ketones (excluding diaryl/α,β-unsaturated/α-hetero) is 1. The van der Waals surface area contributed by atoms with Crippen molar-refractivity contribution in [1.82, 2.24) is 0 Å². The monoisotopic (exact) mass is 523 g/mol. The van der Waals surface area contributed by atoms with Crippen LogP contribution < -0.4 is 21.5 Å². The molecule has 2 fully saturated rings. The molecule has 6 rings (SSSR count). The van der Waals surface area contributed by atoms with Crippen LogP contribution in [0.15, 0.2) is 60.7 Å². The number of fused-ring (bicyclic) bond motifs is 5. The molecule has 7 nitrogen and oxygen atoms in total. The molecule has 3 aliphatic rings. The lowest BCUT2D eigenvalue weighted by Gasteiger charge is -2.48. The molecule has 1 amide bonds. The minimum atomic E-state index is -0.456. The zero-order valence-electron chi connectivity index (χ0n) is 22.0. The van der Waals surface area contributed by atoms with Gasteiger partial charge in [0.15, 0.2) is 0 Å². The highest BCUT2D eigenvalue weighted by molar-refractivity contribution is 6.05. The van der Waals surface area contributed by atoms with Gasteiger partial charge in [-0.05, 0) is 116 Å². The summed E-state index contributed by atoms with van der Waals surface area (Å²) >= 11 is 0. The highest BCUT2D eigenvalue weighted by Crippen LogP contribution is 2.59. The van der Waals surface area contributed by atoms with Gasteiger partial charge >= 0.3 is 5.97 Å². The summed E-state index contributed by atoms with van der Waals surface area (Å²) in [7, 11) is 0. The van der Waals surface area contributed by atoms with Crippen LogP contribution in [0.2, 0.25) is 0 Å². The molecule has 0 aromatic heterocycles. The summed E-state index contributed by atoms with van der Waals surface area (Å²) in [4.78, 5) is 38.0. The molecule has 0 saturated heterocycles. The molecule has 0 bridgehead atoms. The average molecular weight is 524 g/mol. The molecule has 0 aliphatic heterocycles. The Labute approximate surface area is 227 Å². The van der Waals surface area contributed by atoms with Gasteiger partial charge in [0.25, 0.3) is 5.91 Å². The minimum Gasteiger partial charge on any atom is -0.423 e. The van der Waals surface area contributed by atoms with E-state index in [1.165, 1.54) is 11.1 Å². The van der Waals surface area contributed by atoms with Gasteiger partial charge in [0.05, 0.1) is 5.56 Å². The normalized spacial score (nSPS) is 25.3. The number of esters is 1. The predicted octanol–water partition coefficient (Wildman–Crippen LogP) is 5.75. The molecule has 4 atom stereocenters. The number of carbonyl (C=O) groups excluding carboxylic acids is 3. The molecule has 3 aromatic carbocycles. The van der Waals surface area contributed by atoms with E-state index < -0.39 is 5.97 Å².